The van der Waals surface area contributed by atoms with Crippen molar-refractivity contribution in [1.29, 1.82) is 0 Å². The highest BCUT2D eigenvalue weighted by atomic mass is 16.5. The number of likely N-dealkylation sites (tertiary alicyclic amines) is 1. The van der Waals surface area contributed by atoms with Crippen molar-refractivity contribution < 1.29 is 14.6 Å². The summed E-state index contributed by atoms with van der Waals surface area (Å²) in [6.45, 7) is 2.33. The van der Waals surface area contributed by atoms with Gasteiger partial charge in [-0.25, -0.2) is 0 Å². The number of piperidine rings is 1. The number of rotatable bonds is 6. The summed E-state index contributed by atoms with van der Waals surface area (Å²) in [6.07, 6.45) is 2.95. The molecule has 1 saturated heterocycles. The first kappa shape index (κ1) is 14.8. The fourth-order valence-corrected chi connectivity index (χ4v) is 2.64. The van der Waals surface area contributed by atoms with E-state index in [0.717, 1.165) is 43.5 Å². The van der Waals surface area contributed by atoms with Crippen molar-refractivity contribution in [2.24, 2.45) is 0 Å². The molecule has 1 aromatic rings. The number of ether oxygens (including phenoxy) is 1. The van der Waals surface area contributed by atoms with E-state index in [1.165, 1.54) is 0 Å². The van der Waals surface area contributed by atoms with Gasteiger partial charge in [0.1, 0.15) is 12.0 Å². The van der Waals surface area contributed by atoms with Gasteiger partial charge in [-0.15, -0.1) is 0 Å². The third-order valence-corrected chi connectivity index (χ3v) is 3.79. The minimum absolute atomic E-state index is 0.0453. The Morgan fingerprint density at radius 1 is 1.45 bits per heavy atom. The van der Waals surface area contributed by atoms with Crippen LogP contribution in [0.2, 0.25) is 0 Å². The van der Waals surface area contributed by atoms with Gasteiger partial charge in [-0.1, -0.05) is 6.07 Å². The predicted octanol–water partition coefficient (Wildman–Crippen LogP) is 1.26. The molecule has 2 N–H and O–H groups in total. The second-order valence-corrected chi connectivity index (χ2v) is 5.03. The van der Waals surface area contributed by atoms with Crippen molar-refractivity contribution in [3.63, 3.8) is 0 Å². The van der Waals surface area contributed by atoms with E-state index in [0.29, 0.717) is 18.3 Å². The zero-order valence-electron chi connectivity index (χ0n) is 11.8. The number of carbonyl (C=O) groups is 1. The van der Waals surface area contributed by atoms with Gasteiger partial charge < -0.3 is 20.0 Å². The van der Waals surface area contributed by atoms with Crippen LogP contribution in [0.3, 0.4) is 0 Å². The summed E-state index contributed by atoms with van der Waals surface area (Å²) in [5.74, 6) is 0.705. The van der Waals surface area contributed by atoms with Crippen LogP contribution in [-0.2, 0) is 11.4 Å². The van der Waals surface area contributed by atoms with Crippen LogP contribution in [0, 0.1) is 0 Å². The van der Waals surface area contributed by atoms with Gasteiger partial charge in [0.2, 0.25) is 0 Å². The van der Waals surface area contributed by atoms with Crippen molar-refractivity contribution in [3.8, 4) is 5.75 Å². The Morgan fingerprint density at radius 2 is 2.20 bits per heavy atom. The van der Waals surface area contributed by atoms with Crippen molar-refractivity contribution >= 4 is 12.0 Å². The van der Waals surface area contributed by atoms with Gasteiger partial charge in [-0.05, 0) is 25.0 Å². The van der Waals surface area contributed by atoms with E-state index < -0.39 is 0 Å². The average molecular weight is 278 g/mol. The Balaban J connectivity index is 1.99. The number of aliphatic hydroxyl groups excluding tert-OH is 1. The summed E-state index contributed by atoms with van der Waals surface area (Å²) in [4.78, 5) is 12.7. The zero-order valence-corrected chi connectivity index (χ0v) is 11.8. The van der Waals surface area contributed by atoms with Crippen LogP contribution in [-0.4, -0.2) is 49.1 Å². The molecule has 2 rings (SSSR count). The van der Waals surface area contributed by atoms with Crippen molar-refractivity contribution in [2.75, 3.05) is 32.1 Å². The highest BCUT2D eigenvalue weighted by Crippen LogP contribution is 2.28. The van der Waals surface area contributed by atoms with Crippen LogP contribution < -0.4 is 10.1 Å². The number of methoxy groups -OCH3 is 1. The van der Waals surface area contributed by atoms with Crippen LogP contribution >= 0.6 is 0 Å². The summed E-state index contributed by atoms with van der Waals surface area (Å²) >= 11 is 0. The molecule has 0 radical (unpaired) electrons. The molecule has 0 atom stereocenters. The standard InChI is InChI=1S/C15H22N2O3/c1-20-15-4-2-3-14(13(15)11-19)16-12-5-7-17(8-6-12)9-10-18/h2-4,10,12,16,19H,5-9,11H2,1H3. The molecule has 5 nitrogen and oxygen atoms in total. The SMILES string of the molecule is COc1cccc(NC2CCN(CC=O)CC2)c1CO. The van der Waals surface area contributed by atoms with Gasteiger partial charge in [0.25, 0.3) is 0 Å². The molecule has 1 aromatic carbocycles. The largest absolute Gasteiger partial charge is 0.496 e. The summed E-state index contributed by atoms with van der Waals surface area (Å²) in [5.41, 5.74) is 1.73. The molecule has 0 unspecified atom stereocenters. The van der Waals surface area contributed by atoms with E-state index in [-0.39, 0.29) is 6.61 Å². The summed E-state index contributed by atoms with van der Waals surface area (Å²) < 4.78 is 5.27. The molecule has 0 spiro atoms. The highest BCUT2D eigenvalue weighted by Gasteiger charge is 2.19. The Labute approximate surface area is 119 Å². The van der Waals surface area contributed by atoms with Gasteiger partial charge in [-0.3, -0.25) is 4.90 Å². The van der Waals surface area contributed by atoms with Crippen molar-refractivity contribution in [1.82, 2.24) is 4.90 Å². The molecule has 0 aromatic heterocycles. The number of nitrogens with one attached hydrogen (secondary N) is 1. The zero-order chi connectivity index (χ0) is 14.4. The van der Waals surface area contributed by atoms with Crippen LogP contribution in [0.25, 0.3) is 0 Å². The highest BCUT2D eigenvalue weighted by molar-refractivity contribution is 5.58. The number of aliphatic hydroxyl groups is 1. The molecule has 0 saturated carbocycles. The first-order chi connectivity index (χ1) is 9.78. The first-order valence-corrected chi connectivity index (χ1v) is 6.97. The van der Waals surface area contributed by atoms with E-state index in [9.17, 15) is 9.90 Å². The number of hydrogen-bond acceptors (Lipinski definition) is 5. The van der Waals surface area contributed by atoms with E-state index in [1.807, 2.05) is 18.2 Å². The lowest BCUT2D eigenvalue weighted by atomic mass is 10.0. The average Bonchev–Trinajstić information content (AvgIpc) is 2.49. The third-order valence-electron chi connectivity index (χ3n) is 3.79. The monoisotopic (exact) mass is 278 g/mol. The number of benzene rings is 1. The Hall–Kier alpha value is -1.59. The number of carbonyl (C=O) groups excluding carboxylic acids is 1. The minimum atomic E-state index is -0.0453. The van der Waals surface area contributed by atoms with E-state index in [1.54, 1.807) is 7.11 Å². The topological polar surface area (TPSA) is 61.8 Å². The number of nitrogens with zero attached hydrogens (tertiary/aromatic N) is 1. The maximum absolute atomic E-state index is 10.5. The molecule has 5 heteroatoms. The maximum atomic E-state index is 10.5. The summed E-state index contributed by atoms with van der Waals surface area (Å²) in [7, 11) is 1.61. The van der Waals surface area contributed by atoms with Gasteiger partial charge in [0, 0.05) is 30.4 Å². The first-order valence-electron chi connectivity index (χ1n) is 6.97. The molecule has 1 fully saturated rings. The lowest BCUT2D eigenvalue weighted by Gasteiger charge is -2.32. The van der Waals surface area contributed by atoms with Crippen LogP contribution in [0.15, 0.2) is 18.2 Å². The fraction of sp³-hybridized carbons (Fsp3) is 0.533. The minimum Gasteiger partial charge on any atom is -0.496 e. The van der Waals surface area contributed by atoms with Gasteiger partial charge in [-0.2, -0.15) is 0 Å². The Kier molecular flexibility index (Phi) is 5.38. The van der Waals surface area contributed by atoms with Crippen molar-refractivity contribution in [3.05, 3.63) is 23.8 Å². The lowest BCUT2D eigenvalue weighted by molar-refractivity contribution is -0.109. The van der Waals surface area contributed by atoms with E-state index >= 15 is 0 Å². The Morgan fingerprint density at radius 3 is 2.80 bits per heavy atom. The lowest BCUT2D eigenvalue weighted by Crippen LogP contribution is -2.40. The number of anilines is 1. The predicted molar refractivity (Wildman–Crippen MR) is 78.1 cm³/mol. The van der Waals surface area contributed by atoms with E-state index in [4.69, 9.17) is 4.74 Å². The molecule has 1 heterocycles. The van der Waals surface area contributed by atoms with E-state index in [2.05, 4.69) is 10.2 Å². The fourth-order valence-electron chi connectivity index (χ4n) is 2.64. The molecular formula is C15H22N2O3. The van der Waals surface area contributed by atoms with Crippen LogP contribution in [0.1, 0.15) is 18.4 Å². The van der Waals surface area contributed by atoms with Crippen LogP contribution in [0.4, 0.5) is 5.69 Å². The maximum Gasteiger partial charge on any atom is 0.133 e. The quantitative estimate of drug-likeness (QED) is 0.767. The Bertz CT molecular complexity index is 443. The molecule has 0 aliphatic carbocycles. The molecule has 1 aliphatic rings. The van der Waals surface area contributed by atoms with Crippen LogP contribution in [0.5, 0.6) is 5.75 Å². The second kappa shape index (κ2) is 7.26. The molecule has 1 aliphatic heterocycles. The summed E-state index contributed by atoms with van der Waals surface area (Å²) in [6, 6.07) is 6.10. The number of hydrogen-bond donors (Lipinski definition) is 2. The molecule has 20 heavy (non-hydrogen) atoms. The smallest absolute Gasteiger partial charge is 0.133 e. The second-order valence-electron chi connectivity index (χ2n) is 5.03. The third kappa shape index (κ3) is 3.49. The normalized spacial score (nSPS) is 16.9. The van der Waals surface area contributed by atoms with Gasteiger partial charge in [0.15, 0.2) is 0 Å². The van der Waals surface area contributed by atoms with Crippen molar-refractivity contribution in [2.45, 2.75) is 25.5 Å². The molecule has 0 amide bonds. The number of aldehydes is 1. The van der Waals surface area contributed by atoms with Gasteiger partial charge in [0.05, 0.1) is 20.3 Å². The van der Waals surface area contributed by atoms with Gasteiger partial charge >= 0.3 is 0 Å². The summed E-state index contributed by atoms with van der Waals surface area (Å²) in [5, 5.41) is 13.0. The molecule has 0 bridgehead atoms. The molecule has 110 valence electrons. The molecular weight excluding hydrogens is 256 g/mol.